The zero-order chi connectivity index (χ0) is 12.3. The molecule has 2 rings (SSSR count). The third kappa shape index (κ3) is 3.00. The van der Waals surface area contributed by atoms with Gasteiger partial charge in [-0.15, -0.1) is 0 Å². The lowest BCUT2D eigenvalue weighted by molar-refractivity contribution is 0.424. The number of ether oxygens (including phenoxy) is 1. The van der Waals surface area contributed by atoms with Crippen LogP contribution in [0.15, 0.2) is 36.7 Å². The highest BCUT2D eigenvalue weighted by atomic mass is 16.5. The summed E-state index contributed by atoms with van der Waals surface area (Å²) in [5.41, 5.74) is -0.113. The zero-order valence-corrected chi connectivity index (χ0v) is 10.2. The van der Waals surface area contributed by atoms with Crippen LogP contribution in [0.5, 0.6) is 11.8 Å². The lowest BCUT2D eigenvalue weighted by Crippen LogP contribution is -2.16. The number of benzene rings is 1. The smallest absolute Gasteiger partial charge is 0.325 e. The van der Waals surface area contributed by atoms with Gasteiger partial charge in [0.05, 0.1) is 0 Å². The van der Waals surface area contributed by atoms with Gasteiger partial charge in [0.2, 0.25) is 0 Å². The Morgan fingerprint density at radius 2 is 1.71 bits per heavy atom. The van der Waals surface area contributed by atoms with Crippen molar-refractivity contribution >= 4 is 0 Å². The van der Waals surface area contributed by atoms with Crippen LogP contribution in [0.4, 0.5) is 0 Å². The SMILES string of the molecule is CC(C)(C)c1ncnc(Oc2ccccc2)n1. The Morgan fingerprint density at radius 1 is 1.00 bits per heavy atom. The van der Waals surface area contributed by atoms with E-state index in [1.165, 1.54) is 6.33 Å². The molecule has 0 spiro atoms. The first kappa shape index (κ1) is 11.5. The molecule has 0 bridgehead atoms. The molecule has 0 atom stereocenters. The summed E-state index contributed by atoms with van der Waals surface area (Å²) in [7, 11) is 0. The highest BCUT2D eigenvalue weighted by Crippen LogP contribution is 2.21. The molecule has 4 heteroatoms. The molecule has 2 aromatic rings. The molecule has 4 nitrogen and oxygen atoms in total. The normalized spacial score (nSPS) is 11.2. The molecule has 1 aromatic heterocycles. The van der Waals surface area contributed by atoms with E-state index in [1.807, 2.05) is 30.3 Å². The van der Waals surface area contributed by atoms with E-state index < -0.39 is 0 Å². The monoisotopic (exact) mass is 229 g/mol. The molecule has 0 aliphatic heterocycles. The summed E-state index contributed by atoms with van der Waals surface area (Å²) in [6.45, 7) is 6.15. The van der Waals surface area contributed by atoms with Crippen molar-refractivity contribution in [3.8, 4) is 11.8 Å². The van der Waals surface area contributed by atoms with Crippen LogP contribution in [-0.2, 0) is 5.41 Å². The van der Waals surface area contributed by atoms with E-state index in [0.717, 1.165) is 11.6 Å². The minimum absolute atomic E-state index is 0.113. The minimum atomic E-state index is -0.113. The largest absolute Gasteiger partial charge is 0.424 e. The summed E-state index contributed by atoms with van der Waals surface area (Å²) in [6.07, 6.45) is 1.48. The molecule has 1 aromatic carbocycles. The fourth-order valence-corrected chi connectivity index (χ4v) is 1.29. The first-order chi connectivity index (χ1) is 8.05. The van der Waals surface area contributed by atoms with Gasteiger partial charge in [-0.2, -0.15) is 9.97 Å². The maximum atomic E-state index is 5.55. The van der Waals surface area contributed by atoms with Gasteiger partial charge in [-0.25, -0.2) is 4.98 Å². The van der Waals surface area contributed by atoms with Crippen molar-refractivity contribution in [3.05, 3.63) is 42.5 Å². The Bertz CT molecular complexity index is 492. The third-order valence-corrected chi connectivity index (χ3v) is 2.17. The second-order valence-electron chi connectivity index (χ2n) is 4.76. The van der Waals surface area contributed by atoms with Crippen molar-refractivity contribution in [2.75, 3.05) is 0 Å². The molecule has 0 saturated carbocycles. The average molecular weight is 229 g/mol. The molecule has 0 saturated heterocycles. The van der Waals surface area contributed by atoms with Gasteiger partial charge in [-0.05, 0) is 12.1 Å². The molecule has 88 valence electrons. The maximum absolute atomic E-state index is 5.55. The molecular weight excluding hydrogens is 214 g/mol. The Kier molecular flexibility index (Phi) is 3.04. The van der Waals surface area contributed by atoms with Gasteiger partial charge >= 0.3 is 6.01 Å². The number of nitrogens with zero attached hydrogens (tertiary/aromatic N) is 3. The molecule has 0 unspecified atom stereocenters. The van der Waals surface area contributed by atoms with E-state index in [2.05, 4.69) is 35.7 Å². The molecule has 0 amide bonds. The van der Waals surface area contributed by atoms with E-state index >= 15 is 0 Å². The lowest BCUT2D eigenvalue weighted by atomic mass is 9.96. The number of para-hydroxylation sites is 1. The zero-order valence-electron chi connectivity index (χ0n) is 10.2. The molecule has 1 heterocycles. The fourth-order valence-electron chi connectivity index (χ4n) is 1.29. The first-order valence-electron chi connectivity index (χ1n) is 5.48. The minimum Gasteiger partial charge on any atom is -0.424 e. The molecule has 17 heavy (non-hydrogen) atoms. The van der Waals surface area contributed by atoms with Crippen LogP contribution in [-0.4, -0.2) is 15.0 Å². The van der Waals surface area contributed by atoms with Gasteiger partial charge in [-0.1, -0.05) is 39.0 Å². The average Bonchev–Trinajstić information content (AvgIpc) is 2.29. The van der Waals surface area contributed by atoms with Crippen LogP contribution in [0.2, 0.25) is 0 Å². The van der Waals surface area contributed by atoms with E-state index in [9.17, 15) is 0 Å². The second-order valence-corrected chi connectivity index (χ2v) is 4.76. The summed E-state index contributed by atoms with van der Waals surface area (Å²) in [4.78, 5) is 12.4. The molecule has 0 aliphatic carbocycles. The van der Waals surface area contributed by atoms with Gasteiger partial charge < -0.3 is 4.74 Å². The van der Waals surface area contributed by atoms with Crippen LogP contribution >= 0.6 is 0 Å². The van der Waals surface area contributed by atoms with Crippen molar-refractivity contribution in [2.45, 2.75) is 26.2 Å². The van der Waals surface area contributed by atoms with Crippen LogP contribution < -0.4 is 4.74 Å². The topological polar surface area (TPSA) is 47.9 Å². The van der Waals surface area contributed by atoms with Crippen molar-refractivity contribution in [2.24, 2.45) is 0 Å². The summed E-state index contributed by atoms with van der Waals surface area (Å²) < 4.78 is 5.55. The molecule has 0 N–H and O–H groups in total. The Balaban J connectivity index is 2.23. The highest BCUT2D eigenvalue weighted by molar-refractivity contribution is 5.24. The summed E-state index contributed by atoms with van der Waals surface area (Å²) in [5, 5.41) is 0. The molecule has 0 fully saturated rings. The van der Waals surface area contributed by atoms with Gasteiger partial charge in [0, 0.05) is 5.41 Å². The fraction of sp³-hybridized carbons (Fsp3) is 0.308. The van der Waals surface area contributed by atoms with Crippen LogP contribution in [0.3, 0.4) is 0 Å². The second kappa shape index (κ2) is 4.49. The van der Waals surface area contributed by atoms with Crippen molar-refractivity contribution in [3.63, 3.8) is 0 Å². The third-order valence-electron chi connectivity index (χ3n) is 2.17. The number of hydrogen-bond donors (Lipinski definition) is 0. The van der Waals surface area contributed by atoms with E-state index in [0.29, 0.717) is 6.01 Å². The van der Waals surface area contributed by atoms with Crippen LogP contribution in [0.25, 0.3) is 0 Å². The number of hydrogen-bond acceptors (Lipinski definition) is 4. The molecule has 0 aliphatic rings. The van der Waals surface area contributed by atoms with Crippen molar-refractivity contribution in [1.29, 1.82) is 0 Å². The predicted molar refractivity (Wildman–Crippen MR) is 65.0 cm³/mol. The van der Waals surface area contributed by atoms with E-state index in [-0.39, 0.29) is 5.41 Å². The van der Waals surface area contributed by atoms with Gasteiger partial charge in [0.1, 0.15) is 17.9 Å². The number of aromatic nitrogens is 3. The molecule has 0 radical (unpaired) electrons. The maximum Gasteiger partial charge on any atom is 0.325 e. The summed E-state index contributed by atoms with van der Waals surface area (Å²) in [6, 6.07) is 9.79. The summed E-state index contributed by atoms with van der Waals surface area (Å²) in [5.74, 6) is 1.44. The predicted octanol–water partition coefficient (Wildman–Crippen LogP) is 2.96. The quantitative estimate of drug-likeness (QED) is 0.794. The van der Waals surface area contributed by atoms with Gasteiger partial charge in [0.15, 0.2) is 0 Å². The Hall–Kier alpha value is -1.97. The van der Waals surface area contributed by atoms with Crippen LogP contribution in [0, 0.1) is 0 Å². The summed E-state index contributed by atoms with van der Waals surface area (Å²) >= 11 is 0. The lowest BCUT2D eigenvalue weighted by Gasteiger charge is -2.16. The first-order valence-corrected chi connectivity index (χ1v) is 5.48. The standard InChI is InChI=1S/C13H15N3O/c1-13(2,3)11-14-9-15-12(16-11)17-10-7-5-4-6-8-10/h4-9H,1-3H3. The van der Waals surface area contributed by atoms with Crippen molar-refractivity contribution in [1.82, 2.24) is 15.0 Å². The van der Waals surface area contributed by atoms with Crippen LogP contribution in [0.1, 0.15) is 26.6 Å². The van der Waals surface area contributed by atoms with Crippen molar-refractivity contribution < 1.29 is 4.74 Å². The highest BCUT2D eigenvalue weighted by Gasteiger charge is 2.18. The Morgan fingerprint density at radius 3 is 2.35 bits per heavy atom. The number of rotatable bonds is 2. The Labute approximate surface area is 101 Å². The van der Waals surface area contributed by atoms with Gasteiger partial charge in [-0.3, -0.25) is 0 Å². The van der Waals surface area contributed by atoms with E-state index in [1.54, 1.807) is 0 Å². The van der Waals surface area contributed by atoms with Gasteiger partial charge in [0.25, 0.3) is 0 Å². The van der Waals surface area contributed by atoms with E-state index in [4.69, 9.17) is 4.74 Å². The molecular formula is C13H15N3O.